The molecule has 1 heterocycles. The maximum atomic E-state index is 12.5. The van der Waals surface area contributed by atoms with Crippen molar-refractivity contribution in [2.24, 2.45) is 5.92 Å². The second-order valence-corrected chi connectivity index (χ2v) is 6.27. The first-order chi connectivity index (χ1) is 11.3. The van der Waals surface area contributed by atoms with Gasteiger partial charge in [0.05, 0.1) is 0 Å². The fourth-order valence-electron chi connectivity index (χ4n) is 3.02. The number of carbonyl (C=O) groups is 2. The highest BCUT2D eigenvalue weighted by Gasteiger charge is 2.36. The normalized spacial score (nSPS) is 18.4. The first-order valence-corrected chi connectivity index (χ1v) is 8.47. The van der Waals surface area contributed by atoms with Crippen LogP contribution in [0.3, 0.4) is 0 Å². The number of hydrogen-bond donors (Lipinski definition) is 1. The second-order valence-electron chi connectivity index (χ2n) is 6.27. The zero-order valence-electron chi connectivity index (χ0n) is 13.4. The Kier molecular flexibility index (Phi) is 5.28. The molecule has 1 N–H and O–H groups in total. The minimum atomic E-state index is -0.0867. The van der Waals surface area contributed by atoms with Gasteiger partial charge in [-0.05, 0) is 37.8 Å². The molecule has 2 amide bonds. The molecule has 3 rings (SSSR count). The van der Waals surface area contributed by atoms with Crippen LogP contribution in [0.15, 0.2) is 30.3 Å². The molecule has 1 saturated heterocycles. The zero-order chi connectivity index (χ0) is 16.1. The first kappa shape index (κ1) is 16.0. The number of benzene rings is 1. The molecule has 0 atom stereocenters. The third-order valence-corrected chi connectivity index (χ3v) is 4.52. The molecule has 1 saturated carbocycles. The van der Waals surface area contributed by atoms with Gasteiger partial charge in [0, 0.05) is 43.8 Å². The fraction of sp³-hybridized carbons (Fsp3) is 0.556. The molecule has 0 radical (unpaired) electrons. The van der Waals surface area contributed by atoms with Gasteiger partial charge in [0.1, 0.15) is 0 Å². The van der Waals surface area contributed by atoms with Crippen molar-refractivity contribution in [2.75, 3.05) is 26.3 Å². The van der Waals surface area contributed by atoms with Crippen molar-refractivity contribution in [1.82, 2.24) is 10.2 Å². The molecular formula is C18H24N2O3. The number of amides is 2. The number of nitrogens with zero attached hydrogens (tertiary/aromatic N) is 1. The minimum Gasteiger partial charge on any atom is -0.381 e. The third-order valence-electron chi connectivity index (χ3n) is 4.52. The second kappa shape index (κ2) is 7.59. The maximum Gasteiger partial charge on any atom is 0.251 e. The van der Waals surface area contributed by atoms with Gasteiger partial charge in [0.2, 0.25) is 5.91 Å². The Balaban J connectivity index is 1.53. The summed E-state index contributed by atoms with van der Waals surface area (Å²) in [4.78, 5) is 26.6. The van der Waals surface area contributed by atoms with Crippen LogP contribution < -0.4 is 5.32 Å². The van der Waals surface area contributed by atoms with Crippen molar-refractivity contribution in [1.29, 1.82) is 0 Å². The van der Waals surface area contributed by atoms with Crippen molar-refractivity contribution in [2.45, 2.75) is 31.7 Å². The Bertz CT molecular complexity index is 536. The monoisotopic (exact) mass is 316 g/mol. The topological polar surface area (TPSA) is 58.6 Å². The van der Waals surface area contributed by atoms with Crippen molar-refractivity contribution in [3.63, 3.8) is 0 Å². The van der Waals surface area contributed by atoms with Crippen LogP contribution in [0.1, 0.15) is 36.0 Å². The molecule has 2 fully saturated rings. The van der Waals surface area contributed by atoms with E-state index in [4.69, 9.17) is 4.74 Å². The molecule has 1 aromatic rings. The van der Waals surface area contributed by atoms with Crippen LogP contribution in [0.4, 0.5) is 0 Å². The summed E-state index contributed by atoms with van der Waals surface area (Å²) >= 11 is 0. The van der Waals surface area contributed by atoms with Crippen LogP contribution in [0.5, 0.6) is 0 Å². The van der Waals surface area contributed by atoms with E-state index in [-0.39, 0.29) is 23.8 Å². The van der Waals surface area contributed by atoms with Gasteiger partial charge in [-0.2, -0.15) is 0 Å². The summed E-state index contributed by atoms with van der Waals surface area (Å²) in [5.41, 5.74) is 0.652. The van der Waals surface area contributed by atoms with E-state index in [1.54, 1.807) is 12.1 Å². The lowest BCUT2D eigenvalue weighted by molar-refractivity contribution is -0.136. The van der Waals surface area contributed by atoms with Crippen LogP contribution in [0.2, 0.25) is 0 Å². The predicted molar refractivity (Wildman–Crippen MR) is 87.1 cm³/mol. The Morgan fingerprint density at radius 1 is 1.09 bits per heavy atom. The number of carbonyl (C=O) groups excluding carboxylic acids is 2. The van der Waals surface area contributed by atoms with E-state index in [0.29, 0.717) is 18.7 Å². The first-order valence-electron chi connectivity index (χ1n) is 8.47. The summed E-state index contributed by atoms with van der Waals surface area (Å²) < 4.78 is 5.40. The van der Waals surface area contributed by atoms with Gasteiger partial charge in [-0.15, -0.1) is 0 Å². The van der Waals surface area contributed by atoms with E-state index in [1.165, 1.54) is 0 Å². The summed E-state index contributed by atoms with van der Waals surface area (Å²) in [6.45, 7) is 2.51. The number of hydrogen-bond acceptors (Lipinski definition) is 3. The summed E-state index contributed by atoms with van der Waals surface area (Å²) in [6.07, 6.45) is 3.81. The van der Waals surface area contributed by atoms with E-state index < -0.39 is 0 Å². The van der Waals surface area contributed by atoms with Gasteiger partial charge in [0.25, 0.3) is 5.91 Å². The van der Waals surface area contributed by atoms with Crippen molar-refractivity contribution in [3.05, 3.63) is 35.9 Å². The largest absolute Gasteiger partial charge is 0.381 e. The predicted octanol–water partition coefficient (Wildman–Crippen LogP) is 1.83. The molecule has 0 unspecified atom stereocenters. The molecule has 0 spiro atoms. The molecule has 23 heavy (non-hydrogen) atoms. The molecule has 124 valence electrons. The highest BCUT2D eigenvalue weighted by atomic mass is 16.5. The van der Waals surface area contributed by atoms with E-state index in [1.807, 2.05) is 23.1 Å². The molecule has 5 nitrogen and oxygen atoms in total. The number of ether oxygens (including phenoxy) is 1. The third kappa shape index (κ3) is 4.32. The van der Waals surface area contributed by atoms with E-state index >= 15 is 0 Å². The lowest BCUT2D eigenvalue weighted by Crippen LogP contribution is -2.47. The van der Waals surface area contributed by atoms with Crippen LogP contribution in [-0.4, -0.2) is 49.1 Å². The Morgan fingerprint density at radius 3 is 2.43 bits per heavy atom. The van der Waals surface area contributed by atoms with Crippen molar-refractivity contribution < 1.29 is 14.3 Å². The molecule has 0 bridgehead atoms. The summed E-state index contributed by atoms with van der Waals surface area (Å²) in [6, 6.07) is 9.42. The van der Waals surface area contributed by atoms with Gasteiger partial charge < -0.3 is 15.0 Å². The fourth-order valence-corrected chi connectivity index (χ4v) is 3.02. The highest BCUT2D eigenvalue weighted by Crippen LogP contribution is 2.32. The Labute approximate surface area is 137 Å². The SMILES string of the molecule is O=C(NCCN(C(=O)C1CC1)C1CCOCC1)c1ccccc1. The Morgan fingerprint density at radius 2 is 1.78 bits per heavy atom. The molecule has 2 aliphatic rings. The lowest BCUT2D eigenvalue weighted by Gasteiger charge is -2.34. The zero-order valence-corrected chi connectivity index (χ0v) is 13.4. The molecule has 0 aromatic heterocycles. The van der Waals surface area contributed by atoms with Crippen LogP contribution >= 0.6 is 0 Å². The summed E-state index contributed by atoms with van der Waals surface area (Å²) in [7, 11) is 0. The average molecular weight is 316 g/mol. The standard InChI is InChI=1S/C18H24N2O3/c21-17(14-4-2-1-3-5-14)19-10-11-20(18(22)15-6-7-15)16-8-12-23-13-9-16/h1-5,15-16H,6-13H2,(H,19,21). The van der Waals surface area contributed by atoms with E-state index in [2.05, 4.69) is 5.32 Å². The van der Waals surface area contributed by atoms with Crippen LogP contribution in [-0.2, 0) is 9.53 Å². The molecule has 1 aliphatic heterocycles. The quantitative estimate of drug-likeness (QED) is 0.871. The van der Waals surface area contributed by atoms with Gasteiger partial charge in [-0.25, -0.2) is 0 Å². The van der Waals surface area contributed by atoms with Crippen LogP contribution in [0.25, 0.3) is 0 Å². The summed E-state index contributed by atoms with van der Waals surface area (Å²) in [5.74, 6) is 0.380. The molecule has 1 aromatic carbocycles. The van der Waals surface area contributed by atoms with Crippen molar-refractivity contribution in [3.8, 4) is 0 Å². The average Bonchev–Trinajstić information content (AvgIpc) is 3.45. The number of nitrogens with one attached hydrogen (secondary N) is 1. The Hall–Kier alpha value is -1.88. The lowest BCUT2D eigenvalue weighted by atomic mass is 10.1. The maximum absolute atomic E-state index is 12.5. The van der Waals surface area contributed by atoms with Gasteiger partial charge >= 0.3 is 0 Å². The molecular weight excluding hydrogens is 292 g/mol. The number of rotatable bonds is 6. The van der Waals surface area contributed by atoms with E-state index in [9.17, 15) is 9.59 Å². The smallest absolute Gasteiger partial charge is 0.251 e. The highest BCUT2D eigenvalue weighted by molar-refractivity contribution is 5.94. The minimum absolute atomic E-state index is 0.0867. The molecule has 1 aliphatic carbocycles. The van der Waals surface area contributed by atoms with Gasteiger partial charge in [-0.3, -0.25) is 9.59 Å². The summed E-state index contributed by atoms with van der Waals surface area (Å²) in [5, 5.41) is 2.92. The van der Waals surface area contributed by atoms with Crippen molar-refractivity contribution >= 4 is 11.8 Å². The molecule has 5 heteroatoms. The van der Waals surface area contributed by atoms with Gasteiger partial charge in [-0.1, -0.05) is 18.2 Å². The van der Waals surface area contributed by atoms with E-state index in [0.717, 1.165) is 38.9 Å². The van der Waals surface area contributed by atoms with Crippen LogP contribution in [0, 0.1) is 5.92 Å². The van der Waals surface area contributed by atoms with Gasteiger partial charge in [0.15, 0.2) is 0 Å².